The van der Waals surface area contributed by atoms with Crippen molar-refractivity contribution in [1.29, 1.82) is 0 Å². The first-order valence-electron chi connectivity index (χ1n) is 3.75. The van der Waals surface area contributed by atoms with E-state index in [1.165, 1.54) is 6.07 Å². The molecular formula is C10H11FO. The maximum absolute atomic E-state index is 13.0. The first-order chi connectivity index (χ1) is 5.74. The molecule has 64 valence electrons. The van der Waals surface area contributed by atoms with Crippen LogP contribution >= 0.6 is 0 Å². The zero-order valence-electron chi connectivity index (χ0n) is 6.76. The Balaban J connectivity index is 2.75. The van der Waals surface area contributed by atoms with Crippen molar-refractivity contribution in [3.63, 3.8) is 0 Å². The summed E-state index contributed by atoms with van der Waals surface area (Å²) in [6.07, 6.45) is 0.406. The number of benzene rings is 1. The van der Waals surface area contributed by atoms with Gasteiger partial charge >= 0.3 is 0 Å². The normalized spacial score (nSPS) is 9.83. The molecule has 2 heteroatoms. The van der Waals surface area contributed by atoms with Crippen molar-refractivity contribution in [1.82, 2.24) is 0 Å². The van der Waals surface area contributed by atoms with Crippen LogP contribution in [0.5, 0.6) is 0 Å². The SMILES string of the molecule is C=C(CO)Cc1ccccc1F. The van der Waals surface area contributed by atoms with E-state index in [-0.39, 0.29) is 12.4 Å². The summed E-state index contributed by atoms with van der Waals surface area (Å²) in [4.78, 5) is 0. The van der Waals surface area contributed by atoms with Crippen molar-refractivity contribution in [3.05, 3.63) is 47.8 Å². The van der Waals surface area contributed by atoms with Crippen molar-refractivity contribution < 1.29 is 9.50 Å². The van der Waals surface area contributed by atoms with Crippen molar-refractivity contribution in [3.8, 4) is 0 Å². The van der Waals surface area contributed by atoms with Gasteiger partial charge in [-0.2, -0.15) is 0 Å². The predicted octanol–water partition coefficient (Wildman–Crippen LogP) is 1.92. The van der Waals surface area contributed by atoms with Gasteiger partial charge in [-0.15, -0.1) is 0 Å². The molecule has 1 aromatic rings. The van der Waals surface area contributed by atoms with E-state index < -0.39 is 0 Å². The fourth-order valence-corrected chi connectivity index (χ4v) is 0.967. The maximum atomic E-state index is 13.0. The lowest BCUT2D eigenvalue weighted by Crippen LogP contribution is -1.96. The number of aliphatic hydroxyl groups is 1. The molecule has 0 spiro atoms. The third-order valence-corrected chi connectivity index (χ3v) is 1.62. The predicted molar refractivity (Wildman–Crippen MR) is 46.3 cm³/mol. The van der Waals surface area contributed by atoms with Crippen LogP contribution in [0, 0.1) is 5.82 Å². The second-order valence-electron chi connectivity index (χ2n) is 2.68. The molecule has 1 rings (SSSR count). The molecule has 0 bridgehead atoms. The second-order valence-corrected chi connectivity index (χ2v) is 2.68. The van der Waals surface area contributed by atoms with Gasteiger partial charge in [0, 0.05) is 0 Å². The number of aliphatic hydroxyl groups excluding tert-OH is 1. The van der Waals surface area contributed by atoms with Crippen LogP contribution in [0.4, 0.5) is 4.39 Å². The summed E-state index contributed by atoms with van der Waals surface area (Å²) < 4.78 is 13.0. The maximum Gasteiger partial charge on any atom is 0.126 e. The van der Waals surface area contributed by atoms with Crippen LogP contribution < -0.4 is 0 Å². The van der Waals surface area contributed by atoms with Crippen molar-refractivity contribution in [2.75, 3.05) is 6.61 Å². The number of rotatable bonds is 3. The minimum absolute atomic E-state index is 0.0890. The Hall–Kier alpha value is -1.15. The Labute approximate surface area is 71.2 Å². The smallest absolute Gasteiger partial charge is 0.126 e. The van der Waals surface area contributed by atoms with Gasteiger partial charge in [0.1, 0.15) is 5.82 Å². The Morgan fingerprint density at radius 3 is 2.67 bits per heavy atom. The fourth-order valence-electron chi connectivity index (χ4n) is 0.967. The fraction of sp³-hybridized carbons (Fsp3) is 0.200. The van der Waals surface area contributed by atoms with Gasteiger partial charge in [0.25, 0.3) is 0 Å². The van der Waals surface area contributed by atoms with Crippen molar-refractivity contribution >= 4 is 0 Å². The van der Waals surface area contributed by atoms with Gasteiger partial charge in [0.05, 0.1) is 6.61 Å². The van der Waals surface area contributed by atoms with E-state index in [9.17, 15) is 4.39 Å². The molecule has 0 aromatic heterocycles. The van der Waals surface area contributed by atoms with E-state index in [1.54, 1.807) is 18.2 Å². The number of halogens is 1. The second kappa shape index (κ2) is 4.02. The highest BCUT2D eigenvalue weighted by Gasteiger charge is 2.01. The first kappa shape index (κ1) is 8.94. The molecule has 0 atom stereocenters. The Morgan fingerprint density at radius 2 is 2.08 bits per heavy atom. The Kier molecular flexibility index (Phi) is 3.00. The van der Waals surface area contributed by atoms with Gasteiger partial charge in [0.15, 0.2) is 0 Å². The Morgan fingerprint density at radius 1 is 1.42 bits per heavy atom. The highest BCUT2D eigenvalue weighted by molar-refractivity contribution is 5.22. The van der Waals surface area contributed by atoms with Gasteiger partial charge < -0.3 is 5.11 Å². The van der Waals surface area contributed by atoms with Gasteiger partial charge in [-0.1, -0.05) is 24.8 Å². The molecule has 0 saturated heterocycles. The lowest BCUT2D eigenvalue weighted by molar-refractivity contribution is 0.328. The highest BCUT2D eigenvalue weighted by atomic mass is 19.1. The summed E-state index contributed by atoms with van der Waals surface area (Å²) in [5.41, 5.74) is 1.21. The zero-order chi connectivity index (χ0) is 8.97. The molecule has 1 aromatic carbocycles. The van der Waals surface area contributed by atoms with Crippen LogP contribution in [0.2, 0.25) is 0 Å². The van der Waals surface area contributed by atoms with Crippen molar-refractivity contribution in [2.45, 2.75) is 6.42 Å². The third-order valence-electron chi connectivity index (χ3n) is 1.62. The molecule has 12 heavy (non-hydrogen) atoms. The molecule has 0 unspecified atom stereocenters. The average Bonchev–Trinajstić information content (AvgIpc) is 2.09. The van der Waals surface area contributed by atoms with Crippen LogP contribution in [-0.4, -0.2) is 11.7 Å². The van der Waals surface area contributed by atoms with Gasteiger partial charge in [-0.3, -0.25) is 0 Å². The zero-order valence-corrected chi connectivity index (χ0v) is 6.76. The summed E-state index contributed by atoms with van der Waals surface area (Å²) in [6.45, 7) is 3.50. The number of hydrogen-bond donors (Lipinski definition) is 1. The molecule has 0 radical (unpaired) electrons. The molecule has 0 amide bonds. The van der Waals surface area contributed by atoms with Gasteiger partial charge in [0.2, 0.25) is 0 Å². The van der Waals surface area contributed by atoms with E-state index in [4.69, 9.17) is 5.11 Å². The average molecular weight is 166 g/mol. The molecule has 1 N–H and O–H groups in total. The lowest BCUT2D eigenvalue weighted by atomic mass is 10.1. The van der Waals surface area contributed by atoms with E-state index in [2.05, 4.69) is 6.58 Å². The number of hydrogen-bond acceptors (Lipinski definition) is 1. The van der Waals surface area contributed by atoms with Crippen molar-refractivity contribution in [2.24, 2.45) is 0 Å². The molecule has 1 nitrogen and oxygen atoms in total. The largest absolute Gasteiger partial charge is 0.392 e. The van der Waals surface area contributed by atoms with E-state index in [0.717, 1.165) is 0 Å². The molecule has 0 saturated carbocycles. The molecule has 0 heterocycles. The summed E-state index contributed by atoms with van der Waals surface area (Å²) in [5.74, 6) is -0.243. The molecule has 0 fully saturated rings. The summed E-state index contributed by atoms with van der Waals surface area (Å²) >= 11 is 0. The van der Waals surface area contributed by atoms with Gasteiger partial charge in [-0.05, 0) is 23.6 Å². The van der Waals surface area contributed by atoms with Gasteiger partial charge in [-0.25, -0.2) is 4.39 Å². The summed E-state index contributed by atoms with van der Waals surface area (Å²) in [6, 6.07) is 6.50. The third kappa shape index (κ3) is 2.17. The molecule has 0 aliphatic rings. The minimum atomic E-state index is -0.243. The summed E-state index contributed by atoms with van der Waals surface area (Å²) in [5, 5.41) is 8.66. The van der Waals surface area contributed by atoms with E-state index in [1.807, 2.05) is 0 Å². The van der Waals surface area contributed by atoms with E-state index >= 15 is 0 Å². The summed E-state index contributed by atoms with van der Waals surface area (Å²) in [7, 11) is 0. The van der Waals surface area contributed by atoms with Crippen LogP contribution in [0.1, 0.15) is 5.56 Å². The molecular weight excluding hydrogens is 155 g/mol. The van der Waals surface area contributed by atoms with Crippen LogP contribution in [-0.2, 0) is 6.42 Å². The topological polar surface area (TPSA) is 20.2 Å². The quantitative estimate of drug-likeness (QED) is 0.680. The first-order valence-corrected chi connectivity index (χ1v) is 3.75. The van der Waals surface area contributed by atoms with Crippen LogP contribution in [0.3, 0.4) is 0 Å². The highest BCUT2D eigenvalue weighted by Crippen LogP contribution is 2.10. The minimum Gasteiger partial charge on any atom is -0.392 e. The molecule has 0 aliphatic heterocycles. The van der Waals surface area contributed by atoms with Crippen LogP contribution in [0.15, 0.2) is 36.4 Å². The monoisotopic (exact) mass is 166 g/mol. The molecule has 0 aliphatic carbocycles. The van der Waals surface area contributed by atoms with E-state index in [0.29, 0.717) is 17.6 Å². The Bertz CT molecular complexity index is 281. The standard InChI is InChI=1S/C10H11FO/c1-8(7-12)6-9-4-2-3-5-10(9)11/h2-5,12H,1,6-7H2. The lowest BCUT2D eigenvalue weighted by Gasteiger charge is -2.02. The van der Waals surface area contributed by atoms with Crippen LogP contribution in [0.25, 0.3) is 0 Å².